The monoisotopic (exact) mass is 338 g/mol. The van der Waals surface area contributed by atoms with Gasteiger partial charge in [0.1, 0.15) is 5.75 Å². The van der Waals surface area contributed by atoms with Gasteiger partial charge in [0.05, 0.1) is 13.7 Å². The maximum absolute atomic E-state index is 12.6. The molecule has 4 nitrogen and oxygen atoms in total. The first-order chi connectivity index (χ1) is 12.1. The normalized spacial score (nSPS) is 17.5. The van der Waals surface area contributed by atoms with Crippen molar-refractivity contribution >= 4 is 11.6 Å². The molecule has 1 N–H and O–H groups in total. The summed E-state index contributed by atoms with van der Waals surface area (Å²) in [5.41, 5.74) is 4.35. The van der Waals surface area contributed by atoms with Crippen molar-refractivity contribution in [2.24, 2.45) is 0 Å². The summed E-state index contributed by atoms with van der Waals surface area (Å²) in [6, 6.07) is 14.5. The number of anilines is 1. The van der Waals surface area contributed by atoms with Crippen LogP contribution in [0.15, 0.2) is 42.5 Å². The van der Waals surface area contributed by atoms with Gasteiger partial charge in [-0.2, -0.15) is 0 Å². The van der Waals surface area contributed by atoms with E-state index >= 15 is 0 Å². The number of likely N-dealkylation sites (tertiary alicyclic amines) is 1. The fourth-order valence-electron chi connectivity index (χ4n) is 3.62. The van der Waals surface area contributed by atoms with E-state index < -0.39 is 0 Å². The van der Waals surface area contributed by atoms with Crippen LogP contribution in [0, 0.1) is 13.8 Å². The Kier molecular flexibility index (Phi) is 5.39. The summed E-state index contributed by atoms with van der Waals surface area (Å²) >= 11 is 0. The van der Waals surface area contributed by atoms with Crippen molar-refractivity contribution in [1.82, 2.24) is 4.90 Å². The first kappa shape index (κ1) is 17.5. The van der Waals surface area contributed by atoms with Crippen LogP contribution in [-0.2, 0) is 4.79 Å². The Balaban J connectivity index is 1.70. The number of nitrogens with one attached hydrogen (secondary N) is 1. The number of aryl methyl sites for hydroxylation is 2. The molecule has 0 saturated carbocycles. The molecular weight excluding hydrogens is 312 g/mol. The van der Waals surface area contributed by atoms with Gasteiger partial charge in [0.15, 0.2) is 0 Å². The Morgan fingerprint density at radius 3 is 2.64 bits per heavy atom. The minimum Gasteiger partial charge on any atom is -0.497 e. The Morgan fingerprint density at radius 1 is 1.20 bits per heavy atom. The van der Waals surface area contributed by atoms with Crippen LogP contribution >= 0.6 is 0 Å². The van der Waals surface area contributed by atoms with Gasteiger partial charge in [0.2, 0.25) is 5.91 Å². The number of hydrogen-bond donors (Lipinski definition) is 1. The molecule has 1 fully saturated rings. The molecular formula is C21H26N2O2. The standard InChI is InChI=1S/C21H26N2O2/c1-15-7-4-8-16(2)21(15)22-20(24)14-23-12-6-11-19(23)17-9-5-10-18(13-17)25-3/h4-5,7-10,13,19H,6,11-12,14H2,1-3H3,(H,22,24)/t19-/m1/s1. The second kappa shape index (κ2) is 7.70. The Morgan fingerprint density at radius 2 is 1.92 bits per heavy atom. The summed E-state index contributed by atoms with van der Waals surface area (Å²) in [6.45, 7) is 5.41. The molecule has 3 rings (SSSR count). The van der Waals surface area contributed by atoms with Gasteiger partial charge in [0.25, 0.3) is 0 Å². The van der Waals surface area contributed by atoms with E-state index in [2.05, 4.69) is 22.3 Å². The number of hydrogen-bond acceptors (Lipinski definition) is 3. The van der Waals surface area contributed by atoms with Crippen LogP contribution in [0.5, 0.6) is 5.75 Å². The van der Waals surface area contributed by atoms with Gasteiger partial charge in [-0.3, -0.25) is 9.69 Å². The van der Waals surface area contributed by atoms with Crippen LogP contribution in [0.25, 0.3) is 0 Å². The number of carbonyl (C=O) groups is 1. The number of para-hydroxylation sites is 1. The lowest BCUT2D eigenvalue weighted by Crippen LogP contribution is -2.33. The molecule has 1 aliphatic rings. The molecule has 1 heterocycles. The molecule has 2 aromatic carbocycles. The van der Waals surface area contributed by atoms with Crippen molar-refractivity contribution in [3.63, 3.8) is 0 Å². The molecule has 0 unspecified atom stereocenters. The lowest BCUT2D eigenvalue weighted by Gasteiger charge is -2.25. The average molecular weight is 338 g/mol. The van der Waals surface area contributed by atoms with Gasteiger partial charge in [-0.15, -0.1) is 0 Å². The highest BCUT2D eigenvalue weighted by Gasteiger charge is 2.28. The zero-order valence-corrected chi connectivity index (χ0v) is 15.2. The van der Waals surface area contributed by atoms with Crippen molar-refractivity contribution in [3.05, 3.63) is 59.2 Å². The van der Waals surface area contributed by atoms with Crippen molar-refractivity contribution in [3.8, 4) is 5.75 Å². The maximum atomic E-state index is 12.6. The van der Waals surface area contributed by atoms with Gasteiger partial charge < -0.3 is 10.1 Å². The summed E-state index contributed by atoms with van der Waals surface area (Å²) in [6.07, 6.45) is 2.18. The number of amides is 1. The molecule has 1 atom stereocenters. The Bertz CT molecular complexity index is 737. The van der Waals surface area contributed by atoms with Crippen LogP contribution in [0.1, 0.15) is 35.6 Å². The quantitative estimate of drug-likeness (QED) is 0.893. The first-order valence-electron chi connectivity index (χ1n) is 8.82. The molecule has 4 heteroatoms. The van der Waals surface area contributed by atoms with Gasteiger partial charge in [-0.1, -0.05) is 30.3 Å². The lowest BCUT2D eigenvalue weighted by molar-refractivity contribution is -0.117. The SMILES string of the molecule is COc1cccc([C@H]2CCCN2CC(=O)Nc2c(C)cccc2C)c1. The molecule has 0 spiro atoms. The van der Waals surface area contributed by atoms with Crippen molar-refractivity contribution < 1.29 is 9.53 Å². The van der Waals surface area contributed by atoms with Crippen LogP contribution < -0.4 is 10.1 Å². The van der Waals surface area contributed by atoms with Crippen molar-refractivity contribution in [2.45, 2.75) is 32.7 Å². The van der Waals surface area contributed by atoms with Crippen LogP contribution in [0.2, 0.25) is 0 Å². The third kappa shape index (κ3) is 4.02. The topological polar surface area (TPSA) is 41.6 Å². The predicted molar refractivity (Wildman–Crippen MR) is 101 cm³/mol. The van der Waals surface area contributed by atoms with E-state index in [0.29, 0.717) is 6.54 Å². The lowest BCUT2D eigenvalue weighted by atomic mass is 10.0. The van der Waals surface area contributed by atoms with Crippen molar-refractivity contribution in [1.29, 1.82) is 0 Å². The molecule has 132 valence electrons. The van der Waals surface area contributed by atoms with Gasteiger partial charge >= 0.3 is 0 Å². The van der Waals surface area contributed by atoms with E-state index in [4.69, 9.17) is 4.74 Å². The highest BCUT2D eigenvalue weighted by molar-refractivity contribution is 5.93. The van der Waals surface area contributed by atoms with E-state index in [0.717, 1.165) is 42.0 Å². The fraction of sp³-hybridized carbons (Fsp3) is 0.381. The van der Waals surface area contributed by atoms with E-state index in [1.54, 1.807) is 7.11 Å². The van der Waals surface area contributed by atoms with Gasteiger partial charge in [-0.05, 0) is 62.1 Å². The predicted octanol–water partition coefficient (Wildman–Crippen LogP) is 4.09. The number of nitrogens with zero attached hydrogens (tertiary/aromatic N) is 1. The molecule has 0 radical (unpaired) electrons. The maximum Gasteiger partial charge on any atom is 0.238 e. The number of benzene rings is 2. The zero-order valence-electron chi connectivity index (χ0n) is 15.2. The van der Waals surface area contributed by atoms with E-state index in [9.17, 15) is 4.79 Å². The first-order valence-corrected chi connectivity index (χ1v) is 8.82. The van der Waals surface area contributed by atoms with E-state index in [1.165, 1.54) is 5.56 Å². The summed E-state index contributed by atoms with van der Waals surface area (Å²) in [4.78, 5) is 14.9. The summed E-state index contributed by atoms with van der Waals surface area (Å²) in [5, 5.41) is 3.09. The van der Waals surface area contributed by atoms with E-state index in [1.807, 2.05) is 44.2 Å². The second-order valence-electron chi connectivity index (χ2n) is 6.72. The second-order valence-corrected chi connectivity index (χ2v) is 6.72. The van der Waals surface area contributed by atoms with Crippen molar-refractivity contribution in [2.75, 3.05) is 25.5 Å². The molecule has 1 aliphatic heterocycles. The highest BCUT2D eigenvalue weighted by Crippen LogP contribution is 2.33. The minimum absolute atomic E-state index is 0.0483. The molecule has 1 amide bonds. The largest absolute Gasteiger partial charge is 0.497 e. The molecule has 0 aromatic heterocycles. The summed E-state index contributed by atoms with van der Waals surface area (Å²) in [7, 11) is 1.68. The Hall–Kier alpha value is -2.33. The average Bonchev–Trinajstić information content (AvgIpc) is 3.06. The fourth-order valence-corrected chi connectivity index (χ4v) is 3.62. The number of rotatable bonds is 5. The van der Waals surface area contributed by atoms with Gasteiger partial charge in [0, 0.05) is 11.7 Å². The molecule has 0 aliphatic carbocycles. The third-order valence-corrected chi connectivity index (χ3v) is 4.93. The molecule has 1 saturated heterocycles. The summed E-state index contributed by atoms with van der Waals surface area (Å²) in [5.74, 6) is 0.913. The van der Waals surface area contributed by atoms with Crippen LogP contribution in [0.3, 0.4) is 0 Å². The Labute approximate surface area is 149 Å². The highest BCUT2D eigenvalue weighted by atomic mass is 16.5. The number of carbonyl (C=O) groups excluding carboxylic acids is 1. The smallest absolute Gasteiger partial charge is 0.238 e. The number of ether oxygens (including phenoxy) is 1. The summed E-state index contributed by atoms with van der Waals surface area (Å²) < 4.78 is 5.34. The molecule has 2 aromatic rings. The molecule has 25 heavy (non-hydrogen) atoms. The van der Waals surface area contributed by atoms with E-state index in [-0.39, 0.29) is 11.9 Å². The van der Waals surface area contributed by atoms with Crippen LogP contribution in [0.4, 0.5) is 5.69 Å². The van der Waals surface area contributed by atoms with Gasteiger partial charge in [-0.25, -0.2) is 0 Å². The number of methoxy groups -OCH3 is 1. The molecule has 0 bridgehead atoms. The minimum atomic E-state index is 0.0483. The third-order valence-electron chi connectivity index (χ3n) is 4.93. The zero-order chi connectivity index (χ0) is 17.8. The van der Waals surface area contributed by atoms with Crippen LogP contribution in [-0.4, -0.2) is 31.0 Å².